The number of aromatic amines is 1. The topological polar surface area (TPSA) is 114 Å². The van der Waals surface area contributed by atoms with Gasteiger partial charge in [0.1, 0.15) is 0 Å². The average Bonchev–Trinajstić information content (AvgIpc) is 3.16. The predicted octanol–water partition coefficient (Wildman–Crippen LogP) is 3.35. The molecule has 0 spiro atoms. The van der Waals surface area contributed by atoms with Gasteiger partial charge in [-0.3, -0.25) is 25.3 Å². The van der Waals surface area contributed by atoms with E-state index < -0.39 is 10.8 Å². The highest BCUT2D eigenvalue weighted by Gasteiger charge is 2.17. The maximum Gasteiger partial charge on any atom is 0.324 e. The molecule has 0 atom stereocenters. The number of anilines is 1. The quantitative estimate of drug-likeness (QED) is 0.553. The fraction of sp³-hybridized carbons (Fsp3) is 0. The van der Waals surface area contributed by atoms with Gasteiger partial charge in [0.2, 0.25) is 5.95 Å². The van der Waals surface area contributed by atoms with E-state index in [0.717, 1.165) is 11.3 Å². The van der Waals surface area contributed by atoms with Crippen LogP contribution in [0.4, 0.5) is 10.9 Å². The third-order valence-corrected chi connectivity index (χ3v) is 4.08. The molecule has 0 saturated carbocycles. The molecule has 0 aliphatic carbocycles. The Labute approximate surface area is 138 Å². The highest BCUT2D eigenvalue weighted by atomic mass is 35.5. The summed E-state index contributed by atoms with van der Waals surface area (Å²) < 4.78 is 0. The molecule has 3 rings (SSSR count). The van der Waals surface area contributed by atoms with Gasteiger partial charge in [0.15, 0.2) is 5.82 Å². The smallest absolute Gasteiger partial charge is 0.289 e. The van der Waals surface area contributed by atoms with E-state index in [2.05, 4.69) is 20.5 Å². The molecule has 0 fully saturated rings. The van der Waals surface area contributed by atoms with E-state index >= 15 is 0 Å². The van der Waals surface area contributed by atoms with Crippen LogP contribution in [0.25, 0.3) is 11.4 Å². The number of aromatic nitrogens is 3. The van der Waals surface area contributed by atoms with Gasteiger partial charge in [-0.1, -0.05) is 35.1 Å². The molecule has 0 aliphatic heterocycles. The van der Waals surface area contributed by atoms with Crippen LogP contribution in [0.2, 0.25) is 5.02 Å². The van der Waals surface area contributed by atoms with E-state index in [0.29, 0.717) is 16.4 Å². The summed E-state index contributed by atoms with van der Waals surface area (Å²) in [4.78, 5) is 26.2. The van der Waals surface area contributed by atoms with Gasteiger partial charge in [-0.25, -0.2) is 0 Å². The number of halogens is 1. The van der Waals surface area contributed by atoms with E-state index in [1.165, 1.54) is 11.4 Å². The maximum atomic E-state index is 12.0. The number of carbonyl (C=O) groups is 1. The van der Waals surface area contributed by atoms with Crippen LogP contribution in [0.15, 0.2) is 35.7 Å². The lowest BCUT2D eigenvalue weighted by Crippen LogP contribution is -2.12. The Morgan fingerprint density at radius 1 is 1.39 bits per heavy atom. The molecule has 1 amide bonds. The van der Waals surface area contributed by atoms with Gasteiger partial charge in [0.05, 0.1) is 15.5 Å². The average molecular weight is 350 g/mol. The minimum atomic E-state index is -0.552. The Kier molecular flexibility index (Phi) is 4.04. The summed E-state index contributed by atoms with van der Waals surface area (Å²) in [5, 5.41) is 21.4. The number of benzene rings is 1. The summed E-state index contributed by atoms with van der Waals surface area (Å²) in [5.41, 5.74) is 0.819. The van der Waals surface area contributed by atoms with Crippen molar-refractivity contribution < 1.29 is 9.72 Å². The first-order chi connectivity index (χ1) is 11.0. The highest BCUT2D eigenvalue weighted by molar-refractivity contribution is 7.13. The van der Waals surface area contributed by atoms with Crippen LogP contribution in [0.3, 0.4) is 0 Å². The molecular formula is C13H8ClN5O3S. The fourth-order valence-electron chi connectivity index (χ4n) is 1.80. The van der Waals surface area contributed by atoms with Gasteiger partial charge in [-0.15, -0.1) is 5.10 Å². The van der Waals surface area contributed by atoms with Gasteiger partial charge < -0.3 is 0 Å². The number of amides is 1. The standard InChI is InChI=1S/C13H8ClN5O3S/c14-9-4-2-1-3-8(9)11-15-13(18-17-11)16-12(20)7-5-10(19(21)22)23-6-7/h1-6H,(H2,15,16,17,18,20). The van der Waals surface area contributed by atoms with Crippen molar-refractivity contribution in [3.63, 3.8) is 0 Å². The molecular weight excluding hydrogens is 342 g/mol. The molecule has 0 unspecified atom stereocenters. The monoisotopic (exact) mass is 349 g/mol. The third kappa shape index (κ3) is 3.20. The zero-order valence-electron chi connectivity index (χ0n) is 11.3. The van der Waals surface area contributed by atoms with Gasteiger partial charge in [0.25, 0.3) is 5.91 Å². The van der Waals surface area contributed by atoms with Crippen molar-refractivity contribution >= 4 is 39.8 Å². The van der Waals surface area contributed by atoms with Crippen molar-refractivity contribution in [2.75, 3.05) is 5.32 Å². The molecule has 2 heterocycles. The Hall–Kier alpha value is -2.78. The van der Waals surface area contributed by atoms with Crippen molar-refractivity contribution in [1.29, 1.82) is 0 Å². The lowest BCUT2D eigenvalue weighted by molar-refractivity contribution is -0.380. The molecule has 0 saturated heterocycles. The highest BCUT2D eigenvalue weighted by Crippen LogP contribution is 2.26. The second-order valence-corrected chi connectivity index (χ2v) is 5.67. The molecule has 3 aromatic rings. The minimum Gasteiger partial charge on any atom is -0.289 e. The summed E-state index contributed by atoms with van der Waals surface area (Å²) in [6.07, 6.45) is 0. The zero-order chi connectivity index (χ0) is 16.4. The number of thiophene rings is 1. The molecule has 8 nitrogen and oxygen atoms in total. The SMILES string of the molecule is O=C(Nc1n[nH]c(-c2ccccc2Cl)n1)c1csc([N+](=O)[O-])c1. The number of nitro groups is 1. The van der Waals surface area contributed by atoms with E-state index in [4.69, 9.17) is 11.6 Å². The van der Waals surface area contributed by atoms with Crippen molar-refractivity contribution in [3.8, 4) is 11.4 Å². The number of nitrogens with one attached hydrogen (secondary N) is 2. The molecule has 116 valence electrons. The van der Waals surface area contributed by atoms with Gasteiger partial charge in [0, 0.05) is 17.0 Å². The number of hydrogen-bond acceptors (Lipinski definition) is 6. The number of rotatable bonds is 4. The first-order valence-corrected chi connectivity index (χ1v) is 7.52. The Morgan fingerprint density at radius 2 is 2.17 bits per heavy atom. The summed E-state index contributed by atoms with van der Waals surface area (Å²) in [6, 6.07) is 8.25. The fourth-order valence-corrected chi connectivity index (χ4v) is 2.73. The second-order valence-electron chi connectivity index (χ2n) is 4.37. The number of hydrogen-bond donors (Lipinski definition) is 2. The first kappa shape index (κ1) is 15.1. The van der Waals surface area contributed by atoms with Crippen LogP contribution in [-0.4, -0.2) is 26.0 Å². The molecule has 1 aromatic carbocycles. The van der Waals surface area contributed by atoms with E-state index in [1.807, 2.05) is 0 Å². The van der Waals surface area contributed by atoms with Crippen LogP contribution < -0.4 is 5.32 Å². The number of nitrogens with zero attached hydrogens (tertiary/aromatic N) is 3. The minimum absolute atomic E-state index is 0.0544. The summed E-state index contributed by atoms with van der Waals surface area (Å²) in [6.45, 7) is 0. The summed E-state index contributed by atoms with van der Waals surface area (Å²) in [7, 11) is 0. The van der Waals surface area contributed by atoms with Crippen LogP contribution in [-0.2, 0) is 0 Å². The van der Waals surface area contributed by atoms with Gasteiger partial charge in [-0.2, -0.15) is 4.98 Å². The molecule has 10 heteroatoms. The summed E-state index contributed by atoms with van der Waals surface area (Å²) in [5.74, 6) is -0.0694. The van der Waals surface area contributed by atoms with E-state index in [-0.39, 0.29) is 16.5 Å². The lowest BCUT2D eigenvalue weighted by Gasteiger charge is -1.98. The Morgan fingerprint density at radius 3 is 2.87 bits per heavy atom. The van der Waals surface area contributed by atoms with Crippen LogP contribution in [0.1, 0.15) is 10.4 Å². The largest absolute Gasteiger partial charge is 0.324 e. The molecule has 0 aliphatic rings. The van der Waals surface area contributed by atoms with E-state index in [1.54, 1.807) is 24.3 Å². The van der Waals surface area contributed by atoms with Crippen LogP contribution in [0, 0.1) is 10.1 Å². The normalized spacial score (nSPS) is 10.5. The number of carbonyl (C=O) groups excluding carboxylic acids is 1. The molecule has 2 N–H and O–H groups in total. The Balaban J connectivity index is 1.77. The first-order valence-electron chi connectivity index (χ1n) is 6.26. The summed E-state index contributed by atoms with van der Waals surface area (Å²) >= 11 is 6.94. The van der Waals surface area contributed by atoms with Gasteiger partial charge in [-0.05, 0) is 12.1 Å². The molecule has 23 heavy (non-hydrogen) atoms. The van der Waals surface area contributed by atoms with Crippen LogP contribution >= 0.6 is 22.9 Å². The van der Waals surface area contributed by atoms with Crippen molar-refractivity contribution in [2.24, 2.45) is 0 Å². The van der Waals surface area contributed by atoms with Crippen molar-refractivity contribution in [1.82, 2.24) is 15.2 Å². The lowest BCUT2D eigenvalue weighted by atomic mass is 10.2. The van der Waals surface area contributed by atoms with Crippen molar-refractivity contribution in [2.45, 2.75) is 0 Å². The maximum absolute atomic E-state index is 12.0. The Bertz CT molecular complexity index is 891. The van der Waals surface area contributed by atoms with Crippen molar-refractivity contribution in [3.05, 3.63) is 56.4 Å². The molecule has 0 radical (unpaired) electrons. The molecule has 0 bridgehead atoms. The molecule has 2 aromatic heterocycles. The zero-order valence-corrected chi connectivity index (χ0v) is 12.9. The second kappa shape index (κ2) is 6.15. The van der Waals surface area contributed by atoms with E-state index in [9.17, 15) is 14.9 Å². The predicted molar refractivity (Wildman–Crippen MR) is 85.8 cm³/mol. The van der Waals surface area contributed by atoms with Crippen LogP contribution in [0.5, 0.6) is 0 Å². The third-order valence-electron chi connectivity index (χ3n) is 2.87. The van der Waals surface area contributed by atoms with Gasteiger partial charge >= 0.3 is 5.00 Å². The number of H-pyrrole nitrogens is 1.